The molecular formula is C16H25BrN2OSi. The number of para-hydroxylation sites is 1. The number of aryl methyl sites for hydroxylation is 1. The Morgan fingerprint density at radius 1 is 1.29 bits per heavy atom. The molecule has 5 heteroatoms. The van der Waals surface area contributed by atoms with E-state index in [1.54, 1.807) is 0 Å². The maximum absolute atomic E-state index is 5.92. The van der Waals surface area contributed by atoms with Crippen LogP contribution in [0.4, 0.5) is 0 Å². The summed E-state index contributed by atoms with van der Waals surface area (Å²) in [6.07, 6.45) is 0.924. The highest BCUT2D eigenvalue weighted by atomic mass is 79.9. The average Bonchev–Trinajstić information content (AvgIpc) is 2.80. The van der Waals surface area contributed by atoms with E-state index in [2.05, 4.69) is 65.3 Å². The predicted molar refractivity (Wildman–Crippen MR) is 95.8 cm³/mol. The second-order valence-corrected chi connectivity index (χ2v) is 12.8. The van der Waals surface area contributed by atoms with E-state index in [-0.39, 0.29) is 0 Å². The largest absolute Gasteiger partial charge is 0.361 e. The van der Waals surface area contributed by atoms with Crippen molar-refractivity contribution >= 4 is 35.0 Å². The smallest absolute Gasteiger partial charge is 0.124 e. The van der Waals surface area contributed by atoms with Crippen molar-refractivity contribution < 1.29 is 4.74 Å². The van der Waals surface area contributed by atoms with Crippen molar-refractivity contribution in [2.24, 2.45) is 0 Å². The first-order valence-electron chi connectivity index (χ1n) is 7.57. The number of nitrogens with zero attached hydrogens (tertiary/aromatic N) is 2. The maximum Gasteiger partial charge on any atom is 0.124 e. The zero-order chi connectivity index (χ0) is 15.5. The third-order valence-corrected chi connectivity index (χ3v) is 5.93. The number of hydrogen-bond acceptors (Lipinski definition) is 2. The predicted octanol–water partition coefficient (Wildman–Crippen LogP) is 4.81. The zero-order valence-electron chi connectivity index (χ0n) is 13.4. The molecule has 1 aromatic carbocycles. The molecule has 116 valence electrons. The second kappa shape index (κ2) is 7.07. The van der Waals surface area contributed by atoms with Crippen LogP contribution in [0.2, 0.25) is 25.7 Å². The Morgan fingerprint density at radius 2 is 2.05 bits per heavy atom. The summed E-state index contributed by atoms with van der Waals surface area (Å²) in [5.74, 6) is 1.10. The summed E-state index contributed by atoms with van der Waals surface area (Å²) < 4.78 is 8.14. The molecule has 0 N–H and O–H groups in total. The van der Waals surface area contributed by atoms with Crippen molar-refractivity contribution in [1.82, 2.24) is 9.55 Å². The van der Waals surface area contributed by atoms with E-state index in [4.69, 9.17) is 9.72 Å². The lowest BCUT2D eigenvalue weighted by atomic mass is 10.2. The number of ether oxygens (including phenoxy) is 1. The Morgan fingerprint density at radius 3 is 2.67 bits per heavy atom. The summed E-state index contributed by atoms with van der Waals surface area (Å²) in [6.45, 7) is 10.7. The van der Waals surface area contributed by atoms with Crippen LogP contribution in [0.1, 0.15) is 18.3 Å². The van der Waals surface area contributed by atoms with Crippen LogP contribution in [0, 0.1) is 0 Å². The van der Waals surface area contributed by atoms with Gasteiger partial charge in [-0.1, -0.05) is 54.6 Å². The lowest BCUT2D eigenvalue weighted by Gasteiger charge is -2.16. The van der Waals surface area contributed by atoms with Gasteiger partial charge in [-0.15, -0.1) is 0 Å². The monoisotopic (exact) mass is 368 g/mol. The van der Waals surface area contributed by atoms with Crippen LogP contribution < -0.4 is 0 Å². The fraction of sp³-hybridized carbons (Fsp3) is 0.562. The quantitative estimate of drug-likeness (QED) is 0.398. The molecule has 0 aliphatic carbocycles. The highest BCUT2D eigenvalue weighted by molar-refractivity contribution is 9.08. The molecule has 2 rings (SSSR count). The topological polar surface area (TPSA) is 27.1 Å². The van der Waals surface area contributed by atoms with Crippen molar-refractivity contribution in [2.75, 3.05) is 6.61 Å². The van der Waals surface area contributed by atoms with E-state index in [1.165, 1.54) is 17.1 Å². The first-order chi connectivity index (χ1) is 9.96. The summed E-state index contributed by atoms with van der Waals surface area (Å²) in [5, 5.41) is 0.834. The number of hydrogen-bond donors (Lipinski definition) is 0. The number of halogens is 1. The van der Waals surface area contributed by atoms with Crippen LogP contribution in [0.3, 0.4) is 0 Å². The molecule has 0 saturated heterocycles. The Labute approximate surface area is 136 Å². The Hall–Kier alpha value is -0.653. The molecule has 1 aromatic heterocycles. The van der Waals surface area contributed by atoms with Crippen molar-refractivity contribution in [3.05, 3.63) is 29.6 Å². The minimum Gasteiger partial charge on any atom is -0.361 e. The zero-order valence-corrected chi connectivity index (χ0v) is 16.0. The highest BCUT2D eigenvalue weighted by Crippen LogP contribution is 2.22. The molecule has 0 fully saturated rings. The maximum atomic E-state index is 5.92. The summed E-state index contributed by atoms with van der Waals surface area (Å²) in [5.41, 5.74) is 3.51. The van der Waals surface area contributed by atoms with Gasteiger partial charge in [0.1, 0.15) is 12.6 Å². The van der Waals surface area contributed by atoms with E-state index in [0.717, 1.165) is 29.7 Å². The number of alkyl halides is 1. The van der Waals surface area contributed by atoms with Gasteiger partial charge >= 0.3 is 0 Å². The summed E-state index contributed by atoms with van der Waals surface area (Å²) in [4.78, 5) is 4.79. The molecule has 3 nitrogen and oxygen atoms in total. The van der Waals surface area contributed by atoms with Crippen LogP contribution in [-0.4, -0.2) is 24.2 Å². The average molecular weight is 369 g/mol. The Bertz CT molecular complexity index is 604. The minimum atomic E-state index is -1.03. The Kier molecular flexibility index (Phi) is 5.63. The van der Waals surface area contributed by atoms with Gasteiger partial charge in [0.25, 0.3) is 0 Å². The SMILES string of the molecule is CCc1nc2c(CBr)cccc2n1COCC[Si](C)(C)C. The molecule has 0 spiro atoms. The third-order valence-electron chi connectivity index (χ3n) is 3.62. The standard InChI is InChI=1S/C16H25BrN2OSi/c1-5-15-18-16-13(11-17)7-6-8-14(16)19(15)12-20-9-10-21(2,3)4/h6-8H,5,9-12H2,1-4H3. The first-order valence-corrected chi connectivity index (χ1v) is 12.4. The molecule has 0 aliphatic heterocycles. The van der Waals surface area contributed by atoms with Gasteiger partial charge in [-0.3, -0.25) is 0 Å². The van der Waals surface area contributed by atoms with Crippen molar-refractivity contribution in [3.8, 4) is 0 Å². The summed E-state index contributed by atoms with van der Waals surface area (Å²) in [7, 11) is -1.03. The van der Waals surface area contributed by atoms with Gasteiger partial charge < -0.3 is 9.30 Å². The van der Waals surface area contributed by atoms with Crippen LogP contribution in [0.15, 0.2) is 18.2 Å². The number of aromatic nitrogens is 2. The summed E-state index contributed by atoms with van der Waals surface area (Å²) in [6, 6.07) is 7.56. The van der Waals surface area contributed by atoms with Gasteiger partial charge in [0.15, 0.2) is 0 Å². The minimum absolute atomic E-state index is 0.607. The molecule has 0 unspecified atom stereocenters. The van der Waals surface area contributed by atoms with E-state index >= 15 is 0 Å². The van der Waals surface area contributed by atoms with Crippen LogP contribution >= 0.6 is 15.9 Å². The van der Waals surface area contributed by atoms with Gasteiger partial charge in [-0.2, -0.15) is 0 Å². The van der Waals surface area contributed by atoms with Gasteiger partial charge in [0.05, 0.1) is 11.0 Å². The van der Waals surface area contributed by atoms with Gasteiger partial charge in [-0.05, 0) is 17.7 Å². The second-order valence-electron chi connectivity index (χ2n) is 6.58. The molecule has 21 heavy (non-hydrogen) atoms. The molecule has 0 bridgehead atoms. The van der Waals surface area contributed by atoms with E-state index in [1.807, 2.05) is 0 Å². The molecule has 0 amide bonds. The van der Waals surface area contributed by atoms with Gasteiger partial charge in [-0.25, -0.2) is 4.98 Å². The number of benzene rings is 1. The number of fused-ring (bicyclic) bond motifs is 1. The van der Waals surface area contributed by atoms with Gasteiger partial charge in [0, 0.05) is 26.4 Å². The van der Waals surface area contributed by atoms with E-state index in [9.17, 15) is 0 Å². The highest BCUT2D eigenvalue weighted by Gasteiger charge is 2.14. The van der Waals surface area contributed by atoms with E-state index < -0.39 is 8.07 Å². The molecule has 1 heterocycles. The van der Waals surface area contributed by atoms with Crippen molar-refractivity contribution in [3.63, 3.8) is 0 Å². The molecular weight excluding hydrogens is 344 g/mol. The van der Waals surface area contributed by atoms with Gasteiger partial charge in [0.2, 0.25) is 0 Å². The molecule has 0 saturated carbocycles. The van der Waals surface area contributed by atoms with Crippen LogP contribution in [-0.2, 0) is 23.2 Å². The number of imidazole rings is 1. The fourth-order valence-corrected chi connectivity index (χ4v) is 3.52. The first kappa shape index (κ1) is 16.7. The Balaban J connectivity index is 2.18. The number of rotatable bonds is 7. The fourth-order valence-electron chi connectivity index (χ4n) is 2.31. The molecule has 2 aromatic rings. The van der Waals surface area contributed by atoms with Crippen LogP contribution in [0.5, 0.6) is 0 Å². The lowest BCUT2D eigenvalue weighted by molar-refractivity contribution is 0.0880. The molecule has 0 radical (unpaired) electrons. The normalized spacial score (nSPS) is 12.2. The van der Waals surface area contributed by atoms with E-state index in [0.29, 0.717) is 6.73 Å². The lowest BCUT2D eigenvalue weighted by Crippen LogP contribution is -2.22. The molecule has 0 aliphatic rings. The van der Waals surface area contributed by atoms with Crippen molar-refractivity contribution in [1.29, 1.82) is 0 Å². The summed E-state index contributed by atoms with van der Waals surface area (Å²) >= 11 is 3.54. The molecule has 0 atom stereocenters. The van der Waals surface area contributed by atoms with Crippen LogP contribution in [0.25, 0.3) is 11.0 Å². The van der Waals surface area contributed by atoms with Crippen molar-refractivity contribution in [2.45, 2.75) is 51.1 Å². The third kappa shape index (κ3) is 4.17.